The first-order valence-corrected chi connectivity index (χ1v) is 13.3. The minimum Gasteiger partial charge on any atom is -0.491 e. The van der Waals surface area contributed by atoms with E-state index < -0.39 is 12.7 Å². The number of thioether (sulfide) groups is 1. The van der Waals surface area contributed by atoms with E-state index in [9.17, 15) is 15.6 Å². The molecular formula is C27H21N7O3S2. The van der Waals surface area contributed by atoms with Gasteiger partial charge in [0, 0.05) is 22.4 Å². The van der Waals surface area contributed by atoms with Crippen LogP contribution < -0.4 is 15.8 Å². The molecule has 39 heavy (non-hydrogen) atoms. The molecule has 5 N–H and O–H groups in total. The van der Waals surface area contributed by atoms with E-state index in [4.69, 9.17) is 20.8 Å². The molecule has 12 heteroatoms. The number of ether oxygens (including phenoxy) is 1. The maximum absolute atomic E-state index is 10.0. The molecule has 1 atom stereocenters. The van der Waals surface area contributed by atoms with Crippen LogP contribution in [0.15, 0.2) is 58.9 Å². The minimum absolute atomic E-state index is 0.0156. The molecular weight excluding hydrogens is 534 g/mol. The van der Waals surface area contributed by atoms with E-state index in [0.29, 0.717) is 38.4 Å². The fraction of sp³-hybridized carbons (Fsp3) is 0.148. The third-order valence-electron chi connectivity index (χ3n) is 5.39. The number of nitriles is 3. The molecule has 4 aromatic rings. The minimum atomic E-state index is -1.000. The zero-order chi connectivity index (χ0) is 27.8. The summed E-state index contributed by atoms with van der Waals surface area (Å²) in [7, 11) is 0. The van der Waals surface area contributed by atoms with Crippen LogP contribution in [0.25, 0.3) is 11.1 Å². The fourth-order valence-electron chi connectivity index (χ4n) is 3.48. The molecule has 2 aromatic heterocycles. The first-order valence-electron chi connectivity index (χ1n) is 11.5. The third-order valence-corrected chi connectivity index (χ3v) is 7.20. The number of aliphatic hydroxyl groups excluding tert-OH is 2. The lowest BCUT2D eigenvalue weighted by Crippen LogP contribution is -2.21. The molecule has 0 aliphatic carbocycles. The van der Waals surface area contributed by atoms with Gasteiger partial charge in [-0.15, -0.1) is 11.3 Å². The van der Waals surface area contributed by atoms with Gasteiger partial charge in [-0.05, 0) is 42.0 Å². The number of nitrogens with one attached hydrogen (secondary N) is 1. The Morgan fingerprint density at radius 1 is 1.00 bits per heavy atom. The lowest BCUT2D eigenvalue weighted by atomic mass is 9.97. The highest BCUT2D eigenvalue weighted by Crippen LogP contribution is 2.37. The van der Waals surface area contributed by atoms with Crippen molar-refractivity contribution in [1.29, 1.82) is 15.8 Å². The van der Waals surface area contributed by atoms with Gasteiger partial charge in [0.15, 0.2) is 5.13 Å². The summed E-state index contributed by atoms with van der Waals surface area (Å²) < 4.78 is 5.44. The predicted molar refractivity (Wildman–Crippen MR) is 148 cm³/mol. The Balaban J connectivity index is 1.54. The van der Waals surface area contributed by atoms with Crippen LogP contribution in [0, 0.1) is 34.0 Å². The number of hydrogen-bond donors (Lipinski definition) is 4. The molecule has 0 saturated carbocycles. The smallest absolute Gasteiger partial charge is 0.187 e. The Morgan fingerprint density at radius 3 is 2.36 bits per heavy atom. The number of rotatable bonds is 10. The zero-order valence-electron chi connectivity index (χ0n) is 20.3. The van der Waals surface area contributed by atoms with Crippen molar-refractivity contribution in [1.82, 2.24) is 9.97 Å². The number of aliphatic hydroxyl groups is 2. The summed E-state index contributed by atoms with van der Waals surface area (Å²) in [4.78, 5) is 8.92. The van der Waals surface area contributed by atoms with Gasteiger partial charge >= 0.3 is 0 Å². The van der Waals surface area contributed by atoms with Gasteiger partial charge in [-0.1, -0.05) is 23.9 Å². The number of hydrogen-bond acceptors (Lipinski definition) is 12. The van der Waals surface area contributed by atoms with Crippen molar-refractivity contribution in [2.75, 3.05) is 24.3 Å². The van der Waals surface area contributed by atoms with E-state index in [2.05, 4.69) is 33.5 Å². The molecule has 0 bridgehead atoms. The number of nitrogens with two attached hydrogens (primary N) is 1. The lowest BCUT2D eigenvalue weighted by Gasteiger charge is -2.14. The summed E-state index contributed by atoms with van der Waals surface area (Å²) in [6.45, 7) is -0.491. The van der Waals surface area contributed by atoms with Gasteiger partial charge in [-0.25, -0.2) is 9.97 Å². The maximum atomic E-state index is 10.0. The molecule has 4 rings (SSSR count). The average Bonchev–Trinajstić information content (AvgIpc) is 3.42. The van der Waals surface area contributed by atoms with E-state index in [1.54, 1.807) is 48.5 Å². The molecule has 10 nitrogen and oxygen atoms in total. The van der Waals surface area contributed by atoms with Gasteiger partial charge in [-0.2, -0.15) is 15.8 Å². The van der Waals surface area contributed by atoms with Gasteiger partial charge < -0.3 is 26.0 Å². The van der Waals surface area contributed by atoms with Crippen LogP contribution in [0.1, 0.15) is 22.4 Å². The molecule has 0 aliphatic heterocycles. The van der Waals surface area contributed by atoms with Crippen LogP contribution in [-0.2, 0) is 5.75 Å². The summed E-state index contributed by atoms with van der Waals surface area (Å²) in [5.41, 5.74) is 9.54. The van der Waals surface area contributed by atoms with Gasteiger partial charge in [0.05, 0.1) is 29.5 Å². The highest BCUT2D eigenvalue weighted by Gasteiger charge is 2.21. The van der Waals surface area contributed by atoms with Crippen molar-refractivity contribution in [2.45, 2.75) is 16.9 Å². The number of pyridine rings is 1. The van der Waals surface area contributed by atoms with E-state index in [0.717, 1.165) is 11.4 Å². The lowest BCUT2D eigenvalue weighted by molar-refractivity contribution is 0.0536. The number of nitrogen functional groups attached to an aromatic ring is 1. The van der Waals surface area contributed by atoms with Crippen molar-refractivity contribution in [3.63, 3.8) is 0 Å². The van der Waals surface area contributed by atoms with E-state index in [1.807, 2.05) is 5.38 Å². The van der Waals surface area contributed by atoms with E-state index >= 15 is 0 Å². The Hall–Kier alpha value is -4.64. The SMILES string of the molecule is N#Cc1ccc(Nc2nc(CSc3nc(N)c(C#N)c(-c4ccc(OCC(O)CO)cc4)c3C#N)cs2)cc1. The van der Waals surface area contributed by atoms with Crippen molar-refractivity contribution in [3.05, 3.63) is 76.3 Å². The van der Waals surface area contributed by atoms with Crippen LogP contribution in [0.4, 0.5) is 16.6 Å². The number of benzene rings is 2. The molecule has 0 amide bonds. The molecule has 2 heterocycles. The van der Waals surface area contributed by atoms with Crippen molar-refractivity contribution < 1.29 is 14.9 Å². The van der Waals surface area contributed by atoms with Gasteiger partial charge in [0.25, 0.3) is 0 Å². The summed E-state index contributed by atoms with van der Waals surface area (Å²) >= 11 is 2.71. The summed E-state index contributed by atoms with van der Waals surface area (Å²) in [5.74, 6) is 0.883. The fourth-order valence-corrected chi connectivity index (χ4v) is 5.20. The quantitative estimate of drug-likeness (QED) is 0.206. The highest BCUT2D eigenvalue weighted by molar-refractivity contribution is 7.98. The molecule has 0 aliphatic rings. The Kier molecular flexibility index (Phi) is 8.95. The normalized spacial score (nSPS) is 11.2. The molecule has 1 unspecified atom stereocenters. The molecule has 2 aromatic carbocycles. The maximum Gasteiger partial charge on any atom is 0.187 e. The standard InChI is InChI=1S/C27H21N7O3S2/c28-9-16-1-5-18(6-2-16)32-27-33-19(15-39-27)14-38-26-23(11-30)24(22(10-29)25(31)34-26)17-3-7-21(8-4-17)37-13-20(36)12-35/h1-8,15,20,35-36H,12-14H2,(H2,31,34)(H,32,33). The second-order valence-electron chi connectivity index (χ2n) is 8.07. The summed E-state index contributed by atoms with van der Waals surface area (Å²) in [6.07, 6.45) is -1.000. The predicted octanol–water partition coefficient (Wildman–Crippen LogP) is 4.17. The summed E-state index contributed by atoms with van der Waals surface area (Å²) in [5, 5.41) is 53.3. The van der Waals surface area contributed by atoms with Gasteiger partial charge in [-0.3, -0.25) is 0 Å². The van der Waals surface area contributed by atoms with E-state index in [1.165, 1.54) is 23.1 Å². The highest BCUT2D eigenvalue weighted by atomic mass is 32.2. The summed E-state index contributed by atoms with van der Waals surface area (Å²) in [6, 6.07) is 20.0. The van der Waals surface area contributed by atoms with Crippen molar-refractivity contribution in [3.8, 4) is 35.1 Å². The van der Waals surface area contributed by atoms with E-state index in [-0.39, 0.29) is 23.6 Å². The molecule has 0 saturated heterocycles. The molecule has 0 spiro atoms. The average molecular weight is 556 g/mol. The topological polar surface area (TPSA) is 185 Å². The Labute approximate surface area is 232 Å². The molecule has 0 fully saturated rings. The van der Waals surface area contributed by atoms with Crippen molar-refractivity contribution >= 4 is 39.7 Å². The zero-order valence-corrected chi connectivity index (χ0v) is 22.0. The van der Waals surface area contributed by atoms with Crippen LogP contribution in [0.2, 0.25) is 0 Å². The van der Waals surface area contributed by atoms with Crippen LogP contribution >= 0.6 is 23.1 Å². The number of thiazole rings is 1. The monoisotopic (exact) mass is 555 g/mol. The van der Waals surface area contributed by atoms with Gasteiger partial charge in [0.1, 0.15) is 47.0 Å². The number of anilines is 3. The first-order chi connectivity index (χ1) is 18.9. The Bertz CT molecular complexity index is 1580. The Morgan fingerprint density at radius 2 is 1.72 bits per heavy atom. The van der Waals surface area contributed by atoms with Crippen LogP contribution in [0.5, 0.6) is 5.75 Å². The molecule has 194 valence electrons. The first kappa shape index (κ1) is 27.4. The second kappa shape index (κ2) is 12.7. The van der Waals surface area contributed by atoms with Crippen LogP contribution in [0.3, 0.4) is 0 Å². The van der Waals surface area contributed by atoms with Crippen molar-refractivity contribution in [2.24, 2.45) is 0 Å². The largest absolute Gasteiger partial charge is 0.491 e. The molecule has 0 radical (unpaired) electrons. The number of nitrogens with zero attached hydrogens (tertiary/aromatic N) is 5. The van der Waals surface area contributed by atoms with Gasteiger partial charge in [0.2, 0.25) is 0 Å². The third kappa shape index (κ3) is 6.63. The second-order valence-corrected chi connectivity index (χ2v) is 9.89. The van der Waals surface area contributed by atoms with Crippen LogP contribution in [-0.4, -0.2) is 39.5 Å². The number of aromatic nitrogens is 2.